The lowest BCUT2D eigenvalue weighted by Gasteiger charge is -2.24. The Morgan fingerprint density at radius 3 is 2.31 bits per heavy atom. The molecule has 3 aromatic rings. The topological polar surface area (TPSA) is 75.6 Å². The minimum absolute atomic E-state index is 0.274. The number of carbonyl (C=O) groups excluding carboxylic acids is 1. The Bertz CT molecular complexity index is 1070. The number of carboxylic acids is 1. The van der Waals surface area contributed by atoms with Gasteiger partial charge in [0.15, 0.2) is 0 Å². The SMILES string of the molecule is O=C(O)C1CC=CCC1C(=O)Nc1ccc(Oc2cccc3ccccc23)cc1. The highest BCUT2D eigenvalue weighted by molar-refractivity contribution is 5.95. The van der Waals surface area contributed by atoms with Crippen LogP contribution < -0.4 is 10.1 Å². The number of benzene rings is 3. The van der Waals surface area contributed by atoms with Crippen LogP contribution in [-0.2, 0) is 9.59 Å². The Kier molecular flexibility index (Phi) is 5.29. The smallest absolute Gasteiger partial charge is 0.307 e. The van der Waals surface area contributed by atoms with Crippen molar-refractivity contribution < 1.29 is 19.4 Å². The largest absolute Gasteiger partial charge is 0.481 e. The lowest BCUT2D eigenvalue weighted by molar-refractivity contribution is -0.146. The third-order valence-electron chi connectivity index (χ3n) is 5.19. The van der Waals surface area contributed by atoms with Gasteiger partial charge in [0.1, 0.15) is 11.5 Å². The summed E-state index contributed by atoms with van der Waals surface area (Å²) in [7, 11) is 0. The number of carbonyl (C=O) groups is 2. The fourth-order valence-electron chi connectivity index (χ4n) is 3.63. The fraction of sp³-hybridized carbons (Fsp3) is 0.167. The van der Waals surface area contributed by atoms with Gasteiger partial charge in [-0.25, -0.2) is 0 Å². The van der Waals surface area contributed by atoms with Gasteiger partial charge >= 0.3 is 5.97 Å². The summed E-state index contributed by atoms with van der Waals surface area (Å²) in [5.41, 5.74) is 0.610. The quantitative estimate of drug-likeness (QED) is 0.587. The summed E-state index contributed by atoms with van der Waals surface area (Å²) in [5.74, 6) is -1.04. The summed E-state index contributed by atoms with van der Waals surface area (Å²) in [4.78, 5) is 24.0. The molecule has 0 aliphatic heterocycles. The fourth-order valence-corrected chi connectivity index (χ4v) is 3.63. The van der Waals surface area contributed by atoms with Gasteiger partial charge in [0.2, 0.25) is 5.91 Å². The van der Waals surface area contributed by atoms with E-state index in [0.29, 0.717) is 24.3 Å². The standard InChI is InChI=1S/C24H21NO4/c26-23(20-9-3-4-10-21(20)24(27)28)25-17-12-14-18(15-13-17)29-22-11-5-7-16-6-1-2-8-19(16)22/h1-8,11-15,20-21H,9-10H2,(H,25,26)(H,27,28). The van der Waals surface area contributed by atoms with Gasteiger partial charge in [-0.1, -0.05) is 48.6 Å². The highest BCUT2D eigenvalue weighted by Crippen LogP contribution is 2.31. The number of anilines is 1. The van der Waals surface area contributed by atoms with Crippen LogP contribution in [0.1, 0.15) is 12.8 Å². The molecule has 4 rings (SSSR count). The Balaban J connectivity index is 1.46. The van der Waals surface area contributed by atoms with Gasteiger partial charge in [-0.2, -0.15) is 0 Å². The zero-order chi connectivity index (χ0) is 20.2. The van der Waals surface area contributed by atoms with E-state index in [4.69, 9.17) is 4.74 Å². The van der Waals surface area contributed by atoms with Crippen LogP contribution in [0.4, 0.5) is 5.69 Å². The summed E-state index contributed by atoms with van der Waals surface area (Å²) in [6, 6.07) is 21.0. The van der Waals surface area contributed by atoms with Crippen LogP contribution in [0.15, 0.2) is 78.9 Å². The van der Waals surface area contributed by atoms with Crippen LogP contribution in [0, 0.1) is 11.8 Å². The molecular formula is C24H21NO4. The first kappa shape index (κ1) is 18.7. The van der Waals surface area contributed by atoms with Crippen LogP contribution in [0.25, 0.3) is 10.8 Å². The molecule has 2 unspecified atom stereocenters. The molecule has 5 nitrogen and oxygen atoms in total. The molecular weight excluding hydrogens is 366 g/mol. The summed E-state index contributed by atoms with van der Waals surface area (Å²) in [6.07, 6.45) is 4.50. The molecule has 0 saturated carbocycles. The van der Waals surface area contributed by atoms with E-state index < -0.39 is 17.8 Å². The highest BCUT2D eigenvalue weighted by Gasteiger charge is 2.33. The molecule has 0 aromatic heterocycles. The molecule has 0 radical (unpaired) electrons. The summed E-state index contributed by atoms with van der Waals surface area (Å²) in [6.45, 7) is 0. The van der Waals surface area contributed by atoms with Gasteiger partial charge in [-0.3, -0.25) is 9.59 Å². The highest BCUT2D eigenvalue weighted by atomic mass is 16.5. The zero-order valence-corrected chi connectivity index (χ0v) is 15.7. The Morgan fingerprint density at radius 1 is 0.862 bits per heavy atom. The Hall–Kier alpha value is -3.60. The van der Waals surface area contributed by atoms with E-state index in [9.17, 15) is 14.7 Å². The van der Waals surface area contributed by atoms with Crippen molar-refractivity contribution in [2.24, 2.45) is 11.8 Å². The number of hydrogen-bond donors (Lipinski definition) is 2. The number of aliphatic carboxylic acids is 1. The van der Waals surface area contributed by atoms with E-state index in [1.807, 2.05) is 54.6 Å². The number of fused-ring (bicyclic) bond motifs is 1. The molecule has 1 amide bonds. The molecule has 0 heterocycles. The lowest BCUT2D eigenvalue weighted by atomic mass is 9.82. The average Bonchev–Trinajstić information content (AvgIpc) is 2.75. The van der Waals surface area contributed by atoms with Gasteiger partial charge in [0.25, 0.3) is 0 Å². The van der Waals surface area contributed by atoms with Crippen LogP contribution >= 0.6 is 0 Å². The molecule has 2 N–H and O–H groups in total. The van der Waals surface area contributed by atoms with Crippen molar-refractivity contribution >= 4 is 28.3 Å². The van der Waals surface area contributed by atoms with Gasteiger partial charge in [-0.05, 0) is 48.6 Å². The number of ether oxygens (including phenoxy) is 1. The van der Waals surface area contributed by atoms with Crippen molar-refractivity contribution in [3.8, 4) is 11.5 Å². The first-order valence-corrected chi connectivity index (χ1v) is 9.56. The number of rotatable bonds is 5. The van der Waals surface area contributed by atoms with Gasteiger partial charge in [0, 0.05) is 11.1 Å². The van der Waals surface area contributed by atoms with E-state index in [-0.39, 0.29) is 5.91 Å². The van der Waals surface area contributed by atoms with E-state index in [2.05, 4.69) is 5.32 Å². The Morgan fingerprint density at radius 2 is 1.55 bits per heavy atom. The van der Waals surface area contributed by atoms with Gasteiger partial charge in [0.05, 0.1) is 11.8 Å². The minimum Gasteiger partial charge on any atom is -0.481 e. The molecule has 29 heavy (non-hydrogen) atoms. The molecule has 5 heteroatoms. The van der Waals surface area contributed by atoms with Crippen LogP contribution in [-0.4, -0.2) is 17.0 Å². The third-order valence-corrected chi connectivity index (χ3v) is 5.19. The molecule has 0 spiro atoms. The van der Waals surface area contributed by atoms with Gasteiger partial charge < -0.3 is 15.2 Å². The summed E-state index contributed by atoms with van der Waals surface area (Å²) in [5, 5.41) is 14.3. The third kappa shape index (κ3) is 4.14. The summed E-state index contributed by atoms with van der Waals surface area (Å²) >= 11 is 0. The second-order valence-corrected chi connectivity index (χ2v) is 7.09. The van der Waals surface area contributed by atoms with Crippen molar-refractivity contribution in [2.75, 3.05) is 5.32 Å². The summed E-state index contributed by atoms with van der Waals surface area (Å²) < 4.78 is 6.02. The van der Waals surface area contributed by atoms with Crippen molar-refractivity contribution in [1.29, 1.82) is 0 Å². The molecule has 146 valence electrons. The maximum Gasteiger partial charge on any atom is 0.307 e. The maximum absolute atomic E-state index is 12.6. The van der Waals surface area contributed by atoms with Crippen molar-refractivity contribution in [3.05, 3.63) is 78.9 Å². The first-order valence-electron chi connectivity index (χ1n) is 9.56. The van der Waals surface area contributed by atoms with E-state index >= 15 is 0 Å². The second kappa shape index (κ2) is 8.19. The van der Waals surface area contributed by atoms with E-state index in [1.165, 1.54) is 0 Å². The predicted molar refractivity (Wildman–Crippen MR) is 112 cm³/mol. The number of allylic oxidation sites excluding steroid dienone is 2. The second-order valence-electron chi connectivity index (χ2n) is 7.09. The zero-order valence-electron chi connectivity index (χ0n) is 15.7. The number of nitrogens with one attached hydrogen (secondary N) is 1. The molecule has 0 bridgehead atoms. The van der Waals surface area contributed by atoms with Crippen LogP contribution in [0.3, 0.4) is 0 Å². The van der Waals surface area contributed by atoms with Crippen molar-refractivity contribution in [2.45, 2.75) is 12.8 Å². The Labute approximate surface area is 168 Å². The monoisotopic (exact) mass is 387 g/mol. The normalized spacial score (nSPS) is 18.3. The molecule has 2 atom stereocenters. The molecule has 3 aromatic carbocycles. The maximum atomic E-state index is 12.6. The van der Waals surface area contributed by atoms with Crippen molar-refractivity contribution in [1.82, 2.24) is 0 Å². The number of amides is 1. The van der Waals surface area contributed by atoms with E-state index in [1.54, 1.807) is 24.3 Å². The molecule has 1 aliphatic carbocycles. The van der Waals surface area contributed by atoms with Gasteiger partial charge in [-0.15, -0.1) is 0 Å². The number of carboxylic acid groups (broad SMARTS) is 1. The molecule has 1 aliphatic rings. The first-order chi connectivity index (χ1) is 14.1. The molecule has 0 saturated heterocycles. The minimum atomic E-state index is -0.937. The van der Waals surface area contributed by atoms with Crippen LogP contribution in [0.2, 0.25) is 0 Å². The van der Waals surface area contributed by atoms with Crippen molar-refractivity contribution in [3.63, 3.8) is 0 Å². The van der Waals surface area contributed by atoms with E-state index in [0.717, 1.165) is 16.5 Å². The van der Waals surface area contributed by atoms with Crippen LogP contribution in [0.5, 0.6) is 11.5 Å². The lowest BCUT2D eigenvalue weighted by Crippen LogP contribution is -2.34. The average molecular weight is 387 g/mol. The predicted octanol–water partition coefficient (Wildman–Crippen LogP) is 5.24. The molecule has 0 fully saturated rings. The number of hydrogen-bond acceptors (Lipinski definition) is 3.